The van der Waals surface area contributed by atoms with Gasteiger partial charge in [0.1, 0.15) is 11.6 Å². The van der Waals surface area contributed by atoms with Gasteiger partial charge in [0, 0.05) is 19.3 Å². The maximum atomic E-state index is 12.6. The summed E-state index contributed by atoms with van der Waals surface area (Å²) in [5.41, 5.74) is 0.0542. The number of amides is 2. The molecule has 0 saturated carbocycles. The van der Waals surface area contributed by atoms with Crippen LogP contribution >= 0.6 is 0 Å². The van der Waals surface area contributed by atoms with E-state index in [0.717, 1.165) is 19.4 Å². The second kappa shape index (κ2) is 7.03. The van der Waals surface area contributed by atoms with Crippen LogP contribution in [0.15, 0.2) is 12.4 Å². The first-order chi connectivity index (χ1) is 11.8. The van der Waals surface area contributed by atoms with Crippen LogP contribution in [0.3, 0.4) is 0 Å². The third-order valence-electron chi connectivity index (χ3n) is 4.33. The predicted octanol–water partition coefficient (Wildman–Crippen LogP) is 2.18. The zero-order valence-electron chi connectivity index (χ0n) is 15.0. The van der Waals surface area contributed by atoms with Crippen LogP contribution in [-0.2, 0) is 14.3 Å². The lowest BCUT2D eigenvalue weighted by Crippen LogP contribution is -2.45. The molecular weight excluding hydrogens is 324 g/mol. The molecule has 8 nitrogen and oxygen atoms in total. The molecule has 0 bridgehead atoms. The Morgan fingerprint density at radius 3 is 2.84 bits per heavy atom. The highest BCUT2D eigenvalue weighted by atomic mass is 16.6. The molecule has 138 valence electrons. The van der Waals surface area contributed by atoms with Crippen molar-refractivity contribution in [1.82, 2.24) is 14.7 Å². The number of hydrogen-bond donors (Lipinski definition) is 1. The number of nitrogens with zero attached hydrogens (tertiary/aromatic N) is 3. The monoisotopic (exact) mass is 350 g/mol. The van der Waals surface area contributed by atoms with Gasteiger partial charge in [-0.2, -0.15) is 5.10 Å². The van der Waals surface area contributed by atoms with Gasteiger partial charge in [-0.1, -0.05) is 0 Å². The fourth-order valence-corrected chi connectivity index (χ4v) is 3.14. The van der Waals surface area contributed by atoms with Crippen LogP contribution < -0.4 is 5.32 Å². The Labute approximate surface area is 147 Å². The molecule has 1 N–H and O–H groups in total. The highest BCUT2D eigenvalue weighted by Gasteiger charge is 2.36. The minimum Gasteiger partial charge on any atom is -0.444 e. The zero-order chi connectivity index (χ0) is 18.0. The van der Waals surface area contributed by atoms with Crippen LogP contribution in [0.25, 0.3) is 0 Å². The molecule has 0 aliphatic carbocycles. The standard InChI is InChI=1S/C17H26N4O4/c1-17(2,3)25-16(23)20-7-4-5-14(20)15(22)19-12-9-18-21(10-12)13-6-8-24-11-13/h9-10,13-14H,4-8,11H2,1-3H3,(H,19,22)/t13-,14+/m0/s1. The minimum atomic E-state index is -0.578. The third kappa shape index (κ3) is 4.31. The van der Waals surface area contributed by atoms with Crippen molar-refractivity contribution in [3.63, 3.8) is 0 Å². The fraction of sp³-hybridized carbons (Fsp3) is 0.706. The largest absolute Gasteiger partial charge is 0.444 e. The summed E-state index contributed by atoms with van der Waals surface area (Å²) in [6.07, 6.45) is 5.34. The number of ether oxygens (including phenoxy) is 2. The molecule has 2 aliphatic rings. The molecule has 8 heteroatoms. The first-order valence-electron chi connectivity index (χ1n) is 8.76. The van der Waals surface area contributed by atoms with Gasteiger partial charge in [-0.3, -0.25) is 14.4 Å². The number of anilines is 1. The van der Waals surface area contributed by atoms with E-state index >= 15 is 0 Å². The number of hydrogen-bond acceptors (Lipinski definition) is 5. The molecule has 3 rings (SSSR count). The van der Waals surface area contributed by atoms with Crippen LogP contribution in [0.1, 0.15) is 46.1 Å². The second-order valence-corrected chi connectivity index (χ2v) is 7.55. The first kappa shape index (κ1) is 17.7. The van der Waals surface area contributed by atoms with Crippen LogP contribution in [0.2, 0.25) is 0 Å². The molecular formula is C17H26N4O4. The Balaban J connectivity index is 1.61. The van der Waals surface area contributed by atoms with Crippen molar-refractivity contribution in [2.45, 2.75) is 57.7 Å². The Morgan fingerprint density at radius 2 is 2.16 bits per heavy atom. The third-order valence-corrected chi connectivity index (χ3v) is 4.33. The topological polar surface area (TPSA) is 85.7 Å². The number of nitrogens with one attached hydrogen (secondary N) is 1. The Kier molecular flexibility index (Phi) is 4.99. The van der Waals surface area contributed by atoms with Gasteiger partial charge < -0.3 is 14.8 Å². The molecule has 2 aliphatic heterocycles. The summed E-state index contributed by atoms with van der Waals surface area (Å²) in [7, 11) is 0. The normalized spacial score (nSPS) is 23.7. The minimum absolute atomic E-state index is 0.203. The smallest absolute Gasteiger partial charge is 0.410 e. The SMILES string of the molecule is CC(C)(C)OC(=O)N1CCC[C@@H]1C(=O)Nc1cnn([C@H]2CCOC2)c1. The molecule has 3 heterocycles. The van der Waals surface area contributed by atoms with Crippen LogP contribution in [0, 0.1) is 0 Å². The molecule has 2 amide bonds. The summed E-state index contributed by atoms with van der Waals surface area (Å²) >= 11 is 0. The highest BCUT2D eigenvalue weighted by molar-refractivity contribution is 5.96. The number of rotatable bonds is 3. The molecule has 1 aromatic rings. The average Bonchev–Trinajstić information content (AvgIpc) is 3.26. The van der Waals surface area contributed by atoms with E-state index in [1.54, 1.807) is 6.20 Å². The van der Waals surface area contributed by atoms with Crippen molar-refractivity contribution in [3.8, 4) is 0 Å². The molecule has 2 fully saturated rings. The van der Waals surface area contributed by atoms with E-state index in [2.05, 4.69) is 10.4 Å². The van der Waals surface area contributed by atoms with Gasteiger partial charge in [0.15, 0.2) is 0 Å². The van der Waals surface area contributed by atoms with Crippen molar-refractivity contribution >= 4 is 17.7 Å². The van der Waals surface area contributed by atoms with Crippen molar-refractivity contribution in [3.05, 3.63) is 12.4 Å². The van der Waals surface area contributed by atoms with Crippen LogP contribution in [-0.4, -0.2) is 58.1 Å². The maximum Gasteiger partial charge on any atom is 0.410 e. The maximum absolute atomic E-state index is 12.6. The van der Waals surface area contributed by atoms with E-state index in [-0.39, 0.29) is 11.9 Å². The van der Waals surface area contributed by atoms with E-state index in [1.165, 1.54) is 4.90 Å². The van der Waals surface area contributed by atoms with Crippen LogP contribution in [0.5, 0.6) is 0 Å². The van der Waals surface area contributed by atoms with Crippen molar-refractivity contribution in [2.24, 2.45) is 0 Å². The summed E-state index contributed by atoms with van der Waals surface area (Å²) in [5.74, 6) is -0.203. The van der Waals surface area contributed by atoms with Gasteiger partial charge >= 0.3 is 6.09 Å². The van der Waals surface area contributed by atoms with E-state index in [9.17, 15) is 9.59 Å². The van der Waals surface area contributed by atoms with Crippen molar-refractivity contribution in [2.75, 3.05) is 25.1 Å². The summed E-state index contributed by atoms with van der Waals surface area (Å²) in [6.45, 7) is 7.36. The number of aromatic nitrogens is 2. The quantitative estimate of drug-likeness (QED) is 0.903. The summed E-state index contributed by atoms with van der Waals surface area (Å²) < 4.78 is 12.6. The number of likely N-dealkylation sites (tertiary alicyclic amines) is 1. The Hall–Kier alpha value is -2.09. The fourth-order valence-electron chi connectivity index (χ4n) is 3.14. The zero-order valence-corrected chi connectivity index (χ0v) is 15.0. The van der Waals surface area contributed by atoms with Crippen molar-refractivity contribution < 1.29 is 19.1 Å². The van der Waals surface area contributed by atoms with Gasteiger partial charge in [-0.15, -0.1) is 0 Å². The average molecular weight is 350 g/mol. The molecule has 0 aromatic carbocycles. The highest BCUT2D eigenvalue weighted by Crippen LogP contribution is 2.23. The summed E-state index contributed by atoms with van der Waals surface area (Å²) in [4.78, 5) is 26.4. The van der Waals surface area contributed by atoms with Gasteiger partial charge in [-0.25, -0.2) is 4.79 Å². The van der Waals surface area contributed by atoms with Gasteiger partial charge in [0.25, 0.3) is 0 Å². The molecule has 2 atom stereocenters. The van der Waals surface area contributed by atoms with Crippen molar-refractivity contribution in [1.29, 1.82) is 0 Å². The Bertz CT molecular complexity index is 631. The summed E-state index contributed by atoms with van der Waals surface area (Å²) in [5, 5.41) is 7.16. The van der Waals surface area contributed by atoms with E-state index in [4.69, 9.17) is 9.47 Å². The molecule has 25 heavy (non-hydrogen) atoms. The number of carbonyl (C=O) groups is 2. The lowest BCUT2D eigenvalue weighted by atomic mass is 10.2. The van der Waals surface area contributed by atoms with Gasteiger partial charge in [-0.05, 0) is 40.0 Å². The molecule has 0 spiro atoms. The van der Waals surface area contributed by atoms with Gasteiger partial charge in [0.2, 0.25) is 5.91 Å². The second-order valence-electron chi connectivity index (χ2n) is 7.55. The molecule has 2 saturated heterocycles. The Morgan fingerprint density at radius 1 is 1.36 bits per heavy atom. The number of carbonyl (C=O) groups excluding carboxylic acids is 2. The van der Waals surface area contributed by atoms with Crippen LogP contribution in [0.4, 0.5) is 10.5 Å². The molecule has 0 radical (unpaired) electrons. The first-order valence-corrected chi connectivity index (χ1v) is 8.76. The van der Waals surface area contributed by atoms with Gasteiger partial charge in [0.05, 0.1) is 24.5 Å². The predicted molar refractivity (Wildman–Crippen MR) is 91.3 cm³/mol. The lowest BCUT2D eigenvalue weighted by Gasteiger charge is -2.27. The molecule has 0 unspecified atom stereocenters. The van der Waals surface area contributed by atoms with E-state index in [0.29, 0.717) is 25.3 Å². The van der Waals surface area contributed by atoms with E-state index < -0.39 is 17.7 Å². The lowest BCUT2D eigenvalue weighted by molar-refractivity contribution is -0.120. The summed E-state index contributed by atoms with van der Waals surface area (Å²) in [6, 6.07) is -0.289. The molecule has 1 aromatic heterocycles. The van der Waals surface area contributed by atoms with E-state index in [1.807, 2.05) is 31.6 Å².